The first-order chi connectivity index (χ1) is 8.19. The van der Waals surface area contributed by atoms with Gasteiger partial charge in [0.1, 0.15) is 11.6 Å². The molecule has 0 unspecified atom stereocenters. The maximum atomic E-state index is 5.19. The summed E-state index contributed by atoms with van der Waals surface area (Å²) in [5.41, 5.74) is 2.20. The quantitative estimate of drug-likeness (QED) is 0.926. The molecule has 18 heavy (non-hydrogen) atoms. The van der Waals surface area contributed by atoms with Gasteiger partial charge in [-0.05, 0) is 24.6 Å². The number of benzene rings is 1. The minimum atomic E-state index is 0. The minimum absolute atomic E-state index is 0. The summed E-state index contributed by atoms with van der Waals surface area (Å²) < 4.78 is 7.03. The van der Waals surface area contributed by atoms with Gasteiger partial charge in [0.15, 0.2) is 0 Å². The number of anilines is 1. The Morgan fingerprint density at radius 3 is 2.72 bits per heavy atom. The lowest BCUT2D eigenvalue weighted by molar-refractivity contribution is 0.414. The van der Waals surface area contributed by atoms with E-state index in [4.69, 9.17) is 4.74 Å². The van der Waals surface area contributed by atoms with Crippen molar-refractivity contribution in [2.75, 3.05) is 12.4 Å². The molecule has 0 spiro atoms. The number of methoxy groups -OCH3 is 1. The SMILES string of the molecule is COc1cccc(CNc2cc(C)nn2C)c1.Cl. The summed E-state index contributed by atoms with van der Waals surface area (Å²) in [5.74, 6) is 1.90. The van der Waals surface area contributed by atoms with Crippen molar-refractivity contribution in [3.63, 3.8) is 0 Å². The van der Waals surface area contributed by atoms with E-state index in [1.165, 1.54) is 5.56 Å². The Kier molecular flexibility index (Phi) is 5.04. The molecule has 0 amide bonds. The van der Waals surface area contributed by atoms with Crippen molar-refractivity contribution in [3.05, 3.63) is 41.6 Å². The standard InChI is InChI=1S/C13H17N3O.ClH/c1-10-7-13(16(2)15-10)14-9-11-5-4-6-12(8-11)17-3;/h4-8,14H,9H2,1-3H3;1H. The topological polar surface area (TPSA) is 39.1 Å². The highest BCUT2D eigenvalue weighted by atomic mass is 35.5. The highest BCUT2D eigenvalue weighted by molar-refractivity contribution is 5.85. The molecule has 1 heterocycles. The summed E-state index contributed by atoms with van der Waals surface area (Å²) in [6.07, 6.45) is 0. The van der Waals surface area contributed by atoms with E-state index in [0.717, 1.165) is 23.8 Å². The first-order valence-corrected chi connectivity index (χ1v) is 5.56. The molecule has 1 aromatic carbocycles. The Morgan fingerprint density at radius 1 is 1.33 bits per heavy atom. The van der Waals surface area contributed by atoms with Crippen LogP contribution in [0.2, 0.25) is 0 Å². The van der Waals surface area contributed by atoms with Crippen molar-refractivity contribution in [2.45, 2.75) is 13.5 Å². The summed E-state index contributed by atoms with van der Waals surface area (Å²) in [6.45, 7) is 2.74. The molecule has 0 saturated heterocycles. The van der Waals surface area contributed by atoms with Crippen LogP contribution in [-0.4, -0.2) is 16.9 Å². The maximum Gasteiger partial charge on any atom is 0.124 e. The maximum absolute atomic E-state index is 5.19. The molecule has 4 nitrogen and oxygen atoms in total. The van der Waals surface area contributed by atoms with Gasteiger partial charge in [0.05, 0.1) is 12.8 Å². The number of rotatable bonds is 4. The fraction of sp³-hybridized carbons (Fsp3) is 0.308. The number of ether oxygens (including phenoxy) is 1. The number of aromatic nitrogens is 2. The van der Waals surface area contributed by atoms with Gasteiger partial charge < -0.3 is 10.1 Å². The summed E-state index contributed by atoms with van der Waals surface area (Å²) in [6, 6.07) is 10.1. The van der Waals surface area contributed by atoms with Crippen LogP contribution < -0.4 is 10.1 Å². The Balaban J connectivity index is 0.00000162. The molecule has 2 aromatic rings. The van der Waals surface area contributed by atoms with E-state index in [1.54, 1.807) is 7.11 Å². The molecule has 0 radical (unpaired) electrons. The predicted molar refractivity (Wildman–Crippen MR) is 75.5 cm³/mol. The zero-order chi connectivity index (χ0) is 12.3. The number of hydrogen-bond donors (Lipinski definition) is 1. The molecule has 0 aliphatic rings. The molecule has 0 bridgehead atoms. The highest BCUT2D eigenvalue weighted by Gasteiger charge is 2.01. The molecule has 0 aliphatic heterocycles. The fourth-order valence-corrected chi connectivity index (χ4v) is 1.75. The van der Waals surface area contributed by atoms with E-state index in [2.05, 4.69) is 16.5 Å². The third kappa shape index (κ3) is 3.40. The highest BCUT2D eigenvalue weighted by Crippen LogP contribution is 2.14. The summed E-state index contributed by atoms with van der Waals surface area (Å²) in [7, 11) is 3.61. The lowest BCUT2D eigenvalue weighted by atomic mass is 10.2. The van der Waals surface area contributed by atoms with Gasteiger partial charge in [-0.1, -0.05) is 12.1 Å². The van der Waals surface area contributed by atoms with Crippen molar-refractivity contribution in [1.29, 1.82) is 0 Å². The largest absolute Gasteiger partial charge is 0.497 e. The first-order valence-electron chi connectivity index (χ1n) is 5.56. The number of nitrogens with one attached hydrogen (secondary N) is 1. The Hall–Kier alpha value is -1.68. The van der Waals surface area contributed by atoms with E-state index in [-0.39, 0.29) is 12.4 Å². The predicted octanol–water partition coefficient (Wildman–Crippen LogP) is 2.77. The lowest BCUT2D eigenvalue weighted by Gasteiger charge is -2.07. The minimum Gasteiger partial charge on any atom is -0.497 e. The number of nitrogens with zero attached hydrogens (tertiary/aromatic N) is 2. The molecule has 98 valence electrons. The average Bonchev–Trinajstić information content (AvgIpc) is 2.65. The van der Waals surface area contributed by atoms with E-state index in [0.29, 0.717) is 0 Å². The van der Waals surface area contributed by atoms with Gasteiger partial charge in [0, 0.05) is 19.7 Å². The van der Waals surface area contributed by atoms with Crippen molar-refractivity contribution < 1.29 is 4.74 Å². The van der Waals surface area contributed by atoms with E-state index >= 15 is 0 Å². The zero-order valence-electron chi connectivity index (χ0n) is 10.8. The average molecular weight is 268 g/mol. The second-order valence-corrected chi connectivity index (χ2v) is 4.00. The van der Waals surface area contributed by atoms with Crippen LogP contribution in [-0.2, 0) is 13.6 Å². The molecule has 0 saturated carbocycles. The van der Waals surface area contributed by atoms with Gasteiger partial charge in [0.25, 0.3) is 0 Å². The fourth-order valence-electron chi connectivity index (χ4n) is 1.75. The zero-order valence-corrected chi connectivity index (χ0v) is 11.6. The van der Waals surface area contributed by atoms with Crippen LogP contribution in [0.3, 0.4) is 0 Å². The van der Waals surface area contributed by atoms with E-state index in [9.17, 15) is 0 Å². The molecule has 0 aliphatic carbocycles. The van der Waals surface area contributed by atoms with E-state index < -0.39 is 0 Å². The van der Waals surface area contributed by atoms with Crippen LogP contribution in [0.5, 0.6) is 5.75 Å². The number of aryl methyl sites for hydroxylation is 2. The molecule has 0 fully saturated rings. The van der Waals surface area contributed by atoms with Crippen molar-refractivity contribution >= 4 is 18.2 Å². The monoisotopic (exact) mass is 267 g/mol. The lowest BCUT2D eigenvalue weighted by Crippen LogP contribution is -2.04. The molecule has 2 rings (SSSR count). The van der Waals surface area contributed by atoms with Crippen LogP contribution in [0.1, 0.15) is 11.3 Å². The van der Waals surface area contributed by atoms with Gasteiger partial charge in [-0.25, -0.2) is 0 Å². The third-order valence-electron chi connectivity index (χ3n) is 2.61. The van der Waals surface area contributed by atoms with Crippen LogP contribution >= 0.6 is 12.4 Å². The molecular weight excluding hydrogens is 250 g/mol. The molecule has 0 atom stereocenters. The Morgan fingerprint density at radius 2 is 2.11 bits per heavy atom. The summed E-state index contributed by atoms with van der Waals surface area (Å²) in [5, 5.41) is 7.63. The van der Waals surface area contributed by atoms with Gasteiger partial charge in [-0.15, -0.1) is 12.4 Å². The van der Waals surface area contributed by atoms with Gasteiger partial charge in [0.2, 0.25) is 0 Å². The summed E-state index contributed by atoms with van der Waals surface area (Å²) in [4.78, 5) is 0. The molecule has 1 N–H and O–H groups in total. The van der Waals surface area contributed by atoms with Crippen molar-refractivity contribution in [3.8, 4) is 5.75 Å². The van der Waals surface area contributed by atoms with Crippen molar-refractivity contribution in [1.82, 2.24) is 9.78 Å². The Bertz CT molecular complexity index is 511. The normalized spacial score (nSPS) is 9.72. The van der Waals surface area contributed by atoms with Crippen LogP contribution in [0.25, 0.3) is 0 Å². The molecular formula is C13H18ClN3O. The smallest absolute Gasteiger partial charge is 0.124 e. The number of halogens is 1. The van der Waals surface area contributed by atoms with Crippen LogP contribution in [0.4, 0.5) is 5.82 Å². The molecule has 5 heteroatoms. The second kappa shape index (κ2) is 6.31. The molecule has 1 aromatic heterocycles. The van der Waals surface area contributed by atoms with Gasteiger partial charge in [-0.2, -0.15) is 5.10 Å². The van der Waals surface area contributed by atoms with Crippen LogP contribution in [0.15, 0.2) is 30.3 Å². The van der Waals surface area contributed by atoms with Gasteiger partial charge in [-0.3, -0.25) is 4.68 Å². The third-order valence-corrected chi connectivity index (χ3v) is 2.61. The van der Waals surface area contributed by atoms with E-state index in [1.807, 2.05) is 42.9 Å². The summed E-state index contributed by atoms with van der Waals surface area (Å²) >= 11 is 0. The Labute approximate surface area is 113 Å². The second-order valence-electron chi connectivity index (χ2n) is 4.00. The number of hydrogen-bond acceptors (Lipinski definition) is 3. The van der Waals surface area contributed by atoms with Gasteiger partial charge >= 0.3 is 0 Å². The first kappa shape index (κ1) is 14.4. The van der Waals surface area contributed by atoms with Crippen molar-refractivity contribution in [2.24, 2.45) is 7.05 Å². The van der Waals surface area contributed by atoms with Crippen LogP contribution in [0, 0.1) is 6.92 Å².